The van der Waals surface area contributed by atoms with Crippen molar-refractivity contribution in [1.82, 2.24) is 0 Å². The van der Waals surface area contributed by atoms with Crippen LogP contribution in [-0.4, -0.2) is 22.9 Å². The van der Waals surface area contributed by atoms with Crippen molar-refractivity contribution in [3.63, 3.8) is 0 Å². The summed E-state index contributed by atoms with van der Waals surface area (Å²) in [6.07, 6.45) is -0.0880. The van der Waals surface area contributed by atoms with Crippen LogP contribution in [0, 0.1) is 0 Å². The molecule has 0 fully saturated rings. The number of carbonyl (C=O) groups excluding carboxylic acids is 1. The number of Topliss-reactive ketones (excluding diaryl/α,β-unsaturated/α-hetero) is 1. The maximum Gasteiger partial charge on any atom is 0.320 e. The molecule has 0 unspecified atom stereocenters. The van der Waals surface area contributed by atoms with Gasteiger partial charge in [-0.25, -0.2) is 0 Å². The molecule has 0 aromatic heterocycles. The third kappa shape index (κ3) is 18.2. The van der Waals surface area contributed by atoms with E-state index in [1.54, 1.807) is 0 Å². The van der Waals surface area contributed by atoms with E-state index in [1.165, 1.54) is 6.92 Å². The minimum absolute atomic E-state index is 0.0880. The summed E-state index contributed by atoms with van der Waals surface area (Å²) in [5.41, 5.74) is 5.00. The lowest BCUT2D eigenvalue weighted by molar-refractivity contribution is -0.140. The number of nitrogens with two attached hydrogens (primary N) is 1. The first-order valence-electron chi connectivity index (χ1n) is 4.52. The van der Waals surface area contributed by atoms with Gasteiger partial charge in [-0.1, -0.05) is 27.7 Å². The van der Waals surface area contributed by atoms with Gasteiger partial charge in [0.2, 0.25) is 0 Å². The van der Waals surface area contributed by atoms with E-state index in [1.807, 2.05) is 27.7 Å². The van der Waals surface area contributed by atoms with Gasteiger partial charge in [-0.3, -0.25) is 9.59 Å². The smallest absolute Gasteiger partial charge is 0.320 e. The highest BCUT2D eigenvalue weighted by atomic mass is 16.4. The number of rotatable bonds is 3. The molecule has 3 N–H and O–H groups in total. The molecule has 4 heteroatoms. The van der Waals surface area contributed by atoms with Gasteiger partial charge < -0.3 is 10.8 Å². The van der Waals surface area contributed by atoms with Gasteiger partial charge in [-0.15, -0.1) is 0 Å². The Bertz CT molecular complexity index is 135. The second kappa shape index (κ2) is 13.7. The Morgan fingerprint density at radius 2 is 1.54 bits per heavy atom. The molecule has 80 valence electrons. The number of carboxylic acids is 1. The third-order valence-corrected chi connectivity index (χ3v) is 0.825. The van der Waals surface area contributed by atoms with Crippen molar-refractivity contribution in [2.75, 3.05) is 0 Å². The van der Waals surface area contributed by atoms with E-state index in [0.29, 0.717) is 0 Å². The van der Waals surface area contributed by atoms with E-state index < -0.39 is 12.0 Å². The van der Waals surface area contributed by atoms with Crippen LogP contribution in [-0.2, 0) is 9.59 Å². The molecular formula is C9H21NO3. The Hall–Kier alpha value is -0.900. The summed E-state index contributed by atoms with van der Waals surface area (Å²) in [6, 6.07) is -1.04. The topological polar surface area (TPSA) is 80.4 Å². The van der Waals surface area contributed by atoms with Gasteiger partial charge in [-0.2, -0.15) is 0 Å². The van der Waals surface area contributed by atoms with Gasteiger partial charge >= 0.3 is 5.97 Å². The molecule has 0 rings (SSSR count). The molecule has 0 aromatic carbocycles. The fourth-order valence-electron chi connectivity index (χ4n) is 0.397. The van der Waals surface area contributed by atoms with E-state index in [-0.39, 0.29) is 12.2 Å². The molecule has 0 spiro atoms. The molecule has 0 saturated carbocycles. The fourth-order valence-corrected chi connectivity index (χ4v) is 0.397. The quantitative estimate of drug-likeness (QED) is 0.707. The predicted molar refractivity (Wildman–Crippen MR) is 53.6 cm³/mol. The van der Waals surface area contributed by atoms with Crippen molar-refractivity contribution in [3.05, 3.63) is 0 Å². The van der Waals surface area contributed by atoms with Crippen molar-refractivity contribution >= 4 is 11.8 Å². The molecule has 0 amide bonds. The van der Waals surface area contributed by atoms with Gasteiger partial charge in [0.25, 0.3) is 0 Å². The summed E-state index contributed by atoms with van der Waals surface area (Å²) in [4.78, 5) is 20.2. The molecule has 0 aliphatic carbocycles. The third-order valence-electron chi connectivity index (χ3n) is 0.825. The van der Waals surface area contributed by atoms with E-state index in [2.05, 4.69) is 0 Å². The molecule has 0 radical (unpaired) electrons. The van der Waals surface area contributed by atoms with Crippen molar-refractivity contribution in [2.45, 2.75) is 47.1 Å². The van der Waals surface area contributed by atoms with Crippen LogP contribution in [0.3, 0.4) is 0 Å². The number of carboxylic acid groups (broad SMARTS) is 1. The minimum Gasteiger partial charge on any atom is -0.480 e. The first-order valence-corrected chi connectivity index (χ1v) is 4.52. The Balaban J connectivity index is -0.000000218. The lowest BCUT2D eigenvalue weighted by atomic mass is 10.2. The van der Waals surface area contributed by atoms with Crippen LogP contribution >= 0.6 is 0 Å². The zero-order chi connectivity index (χ0) is 11.4. The predicted octanol–water partition coefficient (Wildman–Crippen LogP) is 1.43. The van der Waals surface area contributed by atoms with E-state index in [0.717, 1.165) is 0 Å². The summed E-state index contributed by atoms with van der Waals surface area (Å²) >= 11 is 0. The largest absolute Gasteiger partial charge is 0.480 e. The molecule has 0 aromatic rings. The average Bonchev–Trinajstić information content (AvgIpc) is 2.10. The Labute approximate surface area is 80.1 Å². The molecule has 0 bridgehead atoms. The van der Waals surface area contributed by atoms with Gasteiger partial charge in [0, 0.05) is 6.42 Å². The summed E-state index contributed by atoms with van der Waals surface area (Å²) < 4.78 is 0. The summed E-state index contributed by atoms with van der Waals surface area (Å²) in [6.45, 7) is 9.31. The average molecular weight is 191 g/mol. The second-order valence-electron chi connectivity index (χ2n) is 1.85. The van der Waals surface area contributed by atoms with Gasteiger partial charge in [0.05, 0.1) is 0 Å². The number of aliphatic carboxylic acids is 1. The fraction of sp³-hybridized carbons (Fsp3) is 0.778. The van der Waals surface area contributed by atoms with Gasteiger partial charge in [0.1, 0.15) is 11.8 Å². The summed E-state index contributed by atoms with van der Waals surface area (Å²) in [5.74, 6) is -1.34. The number of ketones is 1. The van der Waals surface area contributed by atoms with E-state index >= 15 is 0 Å². The maximum atomic E-state index is 10.2. The lowest BCUT2D eigenvalue weighted by Gasteiger charge is -2.00. The van der Waals surface area contributed by atoms with Crippen LogP contribution in [0.1, 0.15) is 41.0 Å². The normalized spacial score (nSPS) is 9.69. The van der Waals surface area contributed by atoms with Gasteiger partial charge in [0.15, 0.2) is 0 Å². The monoisotopic (exact) mass is 191 g/mol. The first kappa shape index (κ1) is 18.0. The lowest BCUT2D eigenvalue weighted by Crippen LogP contribution is -2.31. The number of carbonyl (C=O) groups is 2. The highest BCUT2D eigenvalue weighted by molar-refractivity contribution is 5.83. The Morgan fingerprint density at radius 3 is 1.62 bits per heavy atom. The molecule has 0 heterocycles. The zero-order valence-electron chi connectivity index (χ0n) is 9.13. The summed E-state index contributed by atoms with van der Waals surface area (Å²) in [5, 5.41) is 8.15. The SMILES string of the molecule is CC.CC.CC(=O)C[C@H](N)C(=O)O. The Morgan fingerprint density at radius 1 is 1.23 bits per heavy atom. The molecular weight excluding hydrogens is 170 g/mol. The van der Waals surface area contributed by atoms with Crippen LogP contribution in [0.25, 0.3) is 0 Å². The minimum atomic E-state index is -1.13. The van der Waals surface area contributed by atoms with Crippen molar-refractivity contribution in [3.8, 4) is 0 Å². The molecule has 0 aliphatic heterocycles. The molecule has 13 heavy (non-hydrogen) atoms. The van der Waals surface area contributed by atoms with Crippen molar-refractivity contribution in [1.29, 1.82) is 0 Å². The van der Waals surface area contributed by atoms with Crippen LogP contribution in [0.5, 0.6) is 0 Å². The number of hydrogen-bond donors (Lipinski definition) is 2. The van der Waals surface area contributed by atoms with Crippen LogP contribution in [0.2, 0.25) is 0 Å². The van der Waals surface area contributed by atoms with E-state index in [4.69, 9.17) is 10.8 Å². The Kier molecular flexibility index (Phi) is 18.9. The molecule has 0 aliphatic rings. The standard InChI is InChI=1S/C5H9NO3.2C2H6/c1-3(7)2-4(6)5(8)9;2*1-2/h4H,2,6H2,1H3,(H,8,9);2*1-2H3/t4-;;/m0../s1. The maximum absolute atomic E-state index is 10.2. The molecule has 0 saturated heterocycles. The zero-order valence-corrected chi connectivity index (χ0v) is 9.13. The van der Waals surface area contributed by atoms with E-state index in [9.17, 15) is 9.59 Å². The highest BCUT2D eigenvalue weighted by Crippen LogP contribution is 1.87. The summed E-state index contributed by atoms with van der Waals surface area (Å²) in [7, 11) is 0. The molecule has 1 atom stereocenters. The highest BCUT2D eigenvalue weighted by Gasteiger charge is 2.12. The van der Waals surface area contributed by atoms with Gasteiger partial charge in [-0.05, 0) is 6.92 Å². The van der Waals surface area contributed by atoms with Crippen LogP contribution < -0.4 is 5.73 Å². The van der Waals surface area contributed by atoms with Crippen LogP contribution in [0.4, 0.5) is 0 Å². The number of hydrogen-bond acceptors (Lipinski definition) is 3. The van der Waals surface area contributed by atoms with Crippen LogP contribution in [0.15, 0.2) is 0 Å². The van der Waals surface area contributed by atoms with Crippen molar-refractivity contribution < 1.29 is 14.7 Å². The first-order chi connectivity index (χ1) is 6.04. The van der Waals surface area contributed by atoms with Crippen molar-refractivity contribution in [2.24, 2.45) is 5.73 Å². The molecule has 4 nitrogen and oxygen atoms in total. The second-order valence-corrected chi connectivity index (χ2v) is 1.85.